The van der Waals surface area contributed by atoms with Crippen LogP contribution in [0.5, 0.6) is 0 Å². The van der Waals surface area contributed by atoms with Crippen molar-refractivity contribution in [1.29, 1.82) is 0 Å². The molecule has 0 unspecified atom stereocenters. The zero-order valence-electron chi connectivity index (χ0n) is 7.93. The number of sulfonamides is 1. The molecule has 0 bridgehead atoms. The number of hydrogen-bond donors (Lipinski definition) is 0. The fraction of sp³-hybridized carbons (Fsp3) is 0.200. The van der Waals surface area contributed by atoms with Crippen LogP contribution >= 0.6 is 22.6 Å². The number of halogens is 1. The Kier molecular flexibility index (Phi) is 3.13. The second kappa shape index (κ2) is 4.23. The van der Waals surface area contributed by atoms with Gasteiger partial charge in [0.1, 0.15) is 0 Å². The predicted molar refractivity (Wildman–Crippen MR) is 67.1 cm³/mol. The van der Waals surface area contributed by atoms with Gasteiger partial charge >= 0.3 is 0 Å². The molecule has 1 aromatic rings. The first-order valence-electron chi connectivity index (χ1n) is 4.52. The zero-order valence-corrected chi connectivity index (χ0v) is 10.9. The number of benzene rings is 1. The van der Waals surface area contributed by atoms with Crippen LogP contribution in [0.2, 0.25) is 0 Å². The fourth-order valence-electron chi connectivity index (χ4n) is 1.45. The van der Waals surface area contributed by atoms with Crippen molar-refractivity contribution in [2.45, 2.75) is 4.90 Å². The smallest absolute Gasteiger partial charge is 0.207 e. The van der Waals surface area contributed by atoms with Crippen molar-refractivity contribution in [2.75, 3.05) is 13.1 Å². The van der Waals surface area contributed by atoms with E-state index in [1.807, 2.05) is 40.8 Å². The van der Waals surface area contributed by atoms with Gasteiger partial charge < -0.3 is 0 Å². The molecular formula is C10H10INO2S. The molecule has 0 aliphatic carbocycles. The Labute approximate surface area is 103 Å². The van der Waals surface area contributed by atoms with Gasteiger partial charge in [0.05, 0.1) is 4.90 Å². The predicted octanol–water partition coefficient (Wildman–Crippen LogP) is 1.85. The Morgan fingerprint density at radius 3 is 2.33 bits per heavy atom. The third-order valence-electron chi connectivity index (χ3n) is 2.24. The van der Waals surface area contributed by atoms with Crippen LogP contribution in [-0.2, 0) is 10.0 Å². The summed E-state index contributed by atoms with van der Waals surface area (Å²) in [5, 5.41) is 0. The second-order valence-corrected chi connectivity index (χ2v) is 6.29. The minimum atomic E-state index is -3.31. The third-order valence-corrected chi connectivity index (χ3v) is 5.44. The Morgan fingerprint density at radius 1 is 1.13 bits per heavy atom. The molecule has 1 heterocycles. The summed E-state index contributed by atoms with van der Waals surface area (Å²) in [5.41, 5.74) is 0. The van der Waals surface area contributed by atoms with E-state index >= 15 is 0 Å². The highest BCUT2D eigenvalue weighted by Crippen LogP contribution is 2.22. The van der Waals surface area contributed by atoms with Crippen LogP contribution in [0.1, 0.15) is 0 Å². The summed E-state index contributed by atoms with van der Waals surface area (Å²) in [6, 6.07) is 7.04. The van der Waals surface area contributed by atoms with Gasteiger partial charge in [0.2, 0.25) is 10.0 Å². The van der Waals surface area contributed by atoms with Gasteiger partial charge in [0.15, 0.2) is 0 Å². The monoisotopic (exact) mass is 335 g/mol. The van der Waals surface area contributed by atoms with E-state index < -0.39 is 10.0 Å². The first kappa shape index (κ1) is 11.1. The molecule has 3 nitrogen and oxygen atoms in total. The van der Waals surface area contributed by atoms with E-state index in [9.17, 15) is 8.42 Å². The SMILES string of the molecule is O=S(=O)(c1ccccc1I)N1CC=CC1. The molecule has 0 amide bonds. The number of hydrogen-bond acceptors (Lipinski definition) is 2. The molecular weight excluding hydrogens is 325 g/mol. The summed E-state index contributed by atoms with van der Waals surface area (Å²) in [6.45, 7) is 0.959. The molecule has 1 aliphatic rings. The maximum absolute atomic E-state index is 12.1. The van der Waals surface area contributed by atoms with Crippen molar-refractivity contribution >= 4 is 32.6 Å². The highest BCUT2D eigenvalue weighted by Gasteiger charge is 2.26. The lowest BCUT2D eigenvalue weighted by Gasteiger charge is -2.16. The van der Waals surface area contributed by atoms with Crippen molar-refractivity contribution in [3.05, 3.63) is 40.0 Å². The molecule has 0 aromatic heterocycles. The molecule has 1 aromatic carbocycles. The lowest BCUT2D eigenvalue weighted by atomic mass is 10.4. The average molecular weight is 335 g/mol. The highest BCUT2D eigenvalue weighted by atomic mass is 127. The fourth-order valence-corrected chi connectivity index (χ4v) is 4.08. The van der Waals surface area contributed by atoms with Crippen molar-refractivity contribution < 1.29 is 8.42 Å². The highest BCUT2D eigenvalue weighted by molar-refractivity contribution is 14.1. The van der Waals surface area contributed by atoms with Crippen LogP contribution in [0, 0.1) is 3.57 Å². The number of rotatable bonds is 2. The van der Waals surface area contributed by atoms with E-state index in [1.54, 1.807) is 18.2 Å². The molecule has 0 spiro atoms. The molecule has 15 heavy (non-hydrogen) atoms. The van der Waals surface area contributed by atoms with Crippen molar-refractivity contribution in [1.82, 2.24) is 4.31 Å². The lowest BCUT2D eigenvalue weighted by molar-refractivity contribution is 0.487. The molecule has 0 N–H and O–H groups in total. The van der Waals surface area contributed by atoms with Crippen LogP contribution in [0.25, 0.3) is 0 Å². The molecule has 2 rings (SSSR count). The third kappa shape index (κ3) is 2.09. The maximum atomic E-state index is 12.1. The normalized spacial score (nSPS) is 17.1. The van der Waals surface area contributed by atoms with E-state index in [2.05, 4.69) is 0 Å². The Bertz CT molecular complexity index is 488. The van der Waals surface area contributed by atoms with E-state index in [1.165, 1.54) is 4.31 Å². The van der Waals surface area contributed by atoms with Gasteiger partial charge in [-0.2, -0.15) is 4.31 Å². The summed E-state index contributed by atoms with van der Waals surface area (Å²) in [7, 11) is -3.31. The molecule has 1 aliphatic heterocycles. The zero-order chi connectivity index (χ0) is 10.9. The first-order chi connectivity index (χ1) is 7.12. The van der Waals surface area contributed by atoms with Gasteiger partial charge in [-0.05, 0) is 34.7 Å². The maximum Gasteiger partial charge on any atom is 0.244 e. The van der Waals surface area contributed by atoms with Crippen LogP contribution in [0.4, 0.5) is 0 Å². The van der Waals surface area contributed by atoms with Crippen LogP contribution in [0.15, 0.2) is 41.3 Å². The largest absolute Gasteiger partial charge is 0.244 e. The Hall–Kier alpha value is -0.400. The van der Waals surface area contributed by atoms with Gasteiger partial charge in [-0.3, -0.25) is 0 Å². The molecule has 80 valence electrons. The molecule has 0 saturated carbocycles. The van der Waals surface area contributed by atoms with Gasteiger partial charge in [-0.25, -0.2) is 8.42 Å². The molecule has 0 fully saturated rings. The number of nitrogens with zero attached hydrogens (tertiary/aromatic N) is 1. The minimum Gasteiger partial charge on any atom is -0.207 e. The topological polar surface area (TPSA) is 37.4 Å². The van der Waals surface area contributed by atoms with Gasteiger partial charge in [0.25, 0.3) is 0 Å². The Morgan fingerprint density at radius 2 is 1.73 bits per heavy atom. The average Bonchev–Trinajstić information content (AvgIpc) is 2.71. The summed E-state index contributed by atoms with van der Waals surface area (Å²) >= 11 is 2.05. The quantitative estimate of drug-likeness (QED) is 0.611. The lowest BCUT2D eigenvalue weighted by Crippen LogP contribution is -2.28. The summed E-state index contributed by atoms with van der Waals surface area (Å²) in [6.07, 6.45) is 3.74. The van der Waals surface area contributed by atoms with Crippen molar-refractivity contribution in [3.8, 4) is 0 Å². The second-order valence-electron chi connectivity index (χ2n) is 3.22. The first-order valence-corrected chi connectivity index (χ1v) is 7.04. The summed E-state index contributed by atoms with van der Waals surface area (Å²) in [5.74, 6) is 0. The van der Waals surface area contributed by atoms with Gasteiger partial charge in [0, 0.05) is 16.7 Å². The summed E-state index contributed by atoms with van der Waals surface area (Å²) < 4.78 is 26.5. The van der Waals surface area contributed by atoms with E-state index in [0.717, 1.165) is 3.57 Å². The Balaban J connectivity index is 2.42. The van der Waals surface area contributed by atoms with Crippen LogP contribution in [0.3, 0.4) is 0 Å². The molecule has 0 saturated heterocycles. The standard InChI is InChI=1S/C10H10INO2S/c11-9-5-1-2-6-10(9)15(13,14)12-7-3-4-8-12/h1-6H,7-8H2. The summed E-state index contributed by atoms with van der Waals surface area (Å²) in [4.78, 5) is 0.398. The van der Waals surface area contributed by atoms with E-state index in [4.69, 9.17) is 0 Å². The van der Waals surface area contributed by atoms with E-state index in [-0.39, 0.29) is 0 Å². The van der Waals surface area contributed by atoms with Gasteiger partial charge in [-0.15, -0.1) is 0 Å². The van der Waals surface area contributed by atoms with Crippen LogP contribution < -0.4 is 0 Å². The van der Waals surface area contributed by atoms with Crippen molar-refractivity contribution in [2.24, 2.45) is 0 Å². The molecule has 0 radical (unpaired) electrons. The minimum absolute atomic E-state index is 0.398. The van der Waals surface area contributed by atoms with Crippen LogP contribution in [-0.4, -0.2) is 25.8 Å². The molecule has 5 heteroatoms. The molecule has 0 atom stereocenters. The van der Waals surface area contributed by atoms with Crippen molar-refractivity contribution in [3.63, 3.8) is 0 Å². The van der Waals surface area contributed by atoms with E-state index in [0.29, 0.717) is 18.0 Å². The van der Waals surface area contributed by atoms with Gasteiger partial charge in [-0.1, -0.05) is 24.3 Å².